The molecule has 0 unspecified atom stereocenters. The minimum Gasteiger partial charge on any atom is -0.543 e. The second kappa shape index (κ2) is 12.3. The Bertz CT molecular complexity index is 1840. The van der Waals surface area contributed by atoms with Crippen LogP contribution in [0.15, 0.2) is 36.4 Å². The van der Waals surface area contributed by atoms with Crippen LogP contribution in [-0.2, 0) is 25.7 Å². The van der Waals surface area contributed by atoms with Crippen molar-refractivity contribution in [1.82, 2.24) is 0 Å². The quantitative estimate of drug-likeness (QED) is 0.219. The molecule has 248 valence electrons. The summed E-state index contributed by atoms with van der Waals surface area (Å²) in [5, 5.41) is 12.8. The maximum absolute atomic E-state index is 12.8. The van der Waals surface area contributed by atoms with Gasteiger partial charge in [-0.05, 0) is 179 Å². The van der Waals surface area contributed by atoms with Crippen molar-refractivity contribution >= 4 is 8.32 Å². The predicted molar refractivity (Wildman–Crippen MR) is 204 cm³/mol. The first kappa shape index (κ1) is 33.6. The summed E-state index contributed by atoms with van der Waals surface area (Å²) in [7, 11) is -2.30. The summed E-state index contributed by atoms with van der Waals surface area (Å²) >= 11 is 0. The zero-order valence-corrected chi connectivity index (χ0v) is 32.0. The number of aromatic hydroxyl groups is 1. The standard InChI is InChI=1S/C44H56O2Si/c1-26-20-28(3)38(29(4)21-26)36-24-32-16-12-14-18-34(32)40(42(36)45)41-35-19-15-13-17-33(35)25-37(39-30(5)22-27(2)23-31(39)6)43(41)46-47(10,11)44(7,8)9/h20-25,45H,12-19H2,1-11H3. The molecular weight excluding hydrogens is 589 g/mol. The zero-order valence-electron chi connectivity index (χ0n) is 31.0. The van der Waals surface area contributed by atoms with Crippen molar-refractivity contribution in [1.29, 1.82) is 0 Å². The summed E-state index contributed by atoms with van der Waals surface area (Å²) in [5.74, 6) is 1.44. The zero-order chi connectivity index (χ0) is 34.0. The summed E-state index contributed by atoms with van der Waals surface area (Å²) < 4.78 is 7.63. The van der Waals surface area contributed by atoms with E-state index in [1.807, 2.05) is 0 Å². The normalized spacial score (nSPS) is 15.0. The number of hydrogen-bond donors (Lipinski definition) is 1. The summed E-state index contributed by atoms with van der Waals surface area (Å²) in [6.07, 6.45) is 8.84. The third kappa shape index (κ3) is 5.99. The van der Waals surface area contributed by atoms with Gasteiger partial charge in [-0.2, -0.15) is 0 Å². The van der Waals surface area contributed by atoms with E-state index in [1.54, 1.807) is 0 Å². The van der Waals surface area contributed by atoms with Gasteiger partial charge < -0.3 is 9.53 Å². The fraction of sp³-hybridized carbons (Fsp3) is 0.455. The van der Waals surface area contributed by atoms with E-state index in [0.29, 0.717) is 5.75 Å². The lowest BCUT2D eigenvalue weighted by Gasteiger charge is -2.39. The molecule has 2 aliphatic carbocycles. The molecule has 0 heterocycles. The summed E-state index contributed by atoms with van der Waals surface area (Å²) in [6.45, 7) is 25.0. The average molecular weight is 645 g/mol. The lowest BCUT2D eigenvalue weighted by molar-refractivity contribution is 0.474. The van der Waals surface area contributed by atoms with Gasteiger partial charge in [0, 0.05) is 22.3 Å². The molecule has 47 heavy (non-hydrogen) atoms. The molecule has 0 saturated heterocycles. The van der Waals surface area contributed by atoms with Gasteiger partial charge in [-0.1, -0.05) is 56.2 Å². The number of aryl methyl sites for hydroxylation is 8. The lowest BCUT2D eigenvalue weighted by atomic mass is 9.76. The fourth-order valence-electron chi connectivity index (χ4n) is 8.41. The third-order valence-corrected chi connectivity index (χ3v) is 15.9. The molecule has 0 aromatic heterocycles. The molecule has 0 saturated carbocycles. The Balaban J connectivity index is 1.80. The van der Waals surface area contributed by atoms with Crippen molar-refractivity contribution in [2.75, 3.05) is 0 Å². The first-order valence-corrected chi connectivity index (χ1v) is 20.9. The number of rotatable bonds is 5. The Morgan fingerprint density at radius 3 is 1.43 bits per heavy atom. The molecule has 3 heteroatoms. The van der Waals surface area contributed by atoms with Crippen molar-refractivity contribution in [3.63, 3.8) is 0 Å². The van der Waals surface area contributed by atoms with E-state index in [9.17, 15) is 5.11 Å². The Labute approximate surface area is 285 Å². The minimum absolute atomic E-state index is 0.0221. The van der Waals surface area contributed by atoms with Crippen LogP contribution in [0.25, 0.3) is 33.4 Å². The molecule has 0 atom stereocenters. The minimum atomic E-state index is -2.30. The smallest absolute Gasteiger partial charge is 0.250 e. The van der Waals surface area contributed by atoms with E-state index < -0.39 is 8.32 Å². The van der Waals surface area contributed by atoms with Gasteiger partial charge >= 0.3 is 0 Å². The Kier molecular flexibility index (Phi) is 8.79. The van der Waals surface area contributed by atoms with E-state index in [1.165, 1.54) is 97.2 Å². The van der Waals surface area contributed by atoms with Crippen molar-refractivity contribution in [3.05, 3.63) is 92.0 Å². The van der Waals surface area contributed by atoms with E-state index >= 15 is 0 Å². The molecule has 6 rings (SSSR count). The molecule has 2 aliphatic rings. The van der Waals surface area contributed by atoms with Gasteiger partial charge in [0.1, 0.15) is 11.5 Å². The molecule has 0 aliphatic heterocycles. The van der Waals surface area contributed by atoms with Crippen LogP contribution in [0.4, 0.5) is 0 Å². The number of fused-ring (bicyclic) bond motifs is 2. The van der Waals surface area contributed by atoms with E-state index in [2.05, 4.69) is 112 Å². The fourth-order valence-corrected chi connectivity index (χ4v) is 9.44. The van der Waals surface area contributed by atoms with Gasteiger partial charge in [-0.15, -0.1) is 0 Å². The number of phenolic OH excluding ortho intramolecular Hbond substituents is 1. The van der Waals surface area contributed by atoms with Crippen molar-refractivity contribution in [3.8, 4) is 44.9 Å². The molecule has 2 nitrogen and oxygen atoms in total. The molecule has 0 bridgehead atoms. The Hall–Kier alpha value is -3.30. The summed E-state index contributed by atoms with van der Waals surface area (Å²) in [5.41, 5.74) is 20.0. The van der Waals surface area contributed by atoms with E-state index in [4.69, 9.17) is 4.43 Å². The Morgan fingerprint density at radius 1 is 0.553 bits per heavy atom. The second-order valence-corrected chi connectivity index (χ2v) is 21.1. The predicted octanol–water partition coefficient (Wildman–Crippen LogP) is 12.4. The topological polar surface area (TPSA) is 29.5 Å². The van der Waals surface area contributed by atoms with Crippen molar-refractivity contribution in [2.45, 2.75) is 132 Å². The van der Waals surface area contributed by atoms with Gasteiger partial charge in [-0.25, -0.2) is 0 Å². The van der Waals surface area contributed by atoms with Crippen LogP contribution in [0.5, 0.6) is 11.5 Å². The van der Waals surface area contributed by atoms with Crippen molar-refractivity contribution in [2.24, 2.45) is 0 Å². The first-order chi connectivity index (χ1) is 22.1. The van der Waals surface area contributed by atoms with Crippen LogP contribution in [0, 0.1) is 41.5 Å². The van der Waals surface area contributed by atoms with Crippen LogP contribution in [0.2, 0.25) is 18.1 Å². The van der Waals surface area contributed by atoms with Crippen LogP contribution >= 0.6 is 0 Å². The lowest BCUT2D eigenvalue weighted by Crippen LogP contribution is -2.44. The molecule has 0 fully saturated rings. The highest BCUT2D eigenvalue weighted by atomic mass is 28.4. The molecule has 0 amide bonds. The molecule has 4 aromatic carbocycles. The first-order valence-electron chi connectivity index (χ1n) is 18.0. The second-order valence-electron chi connectivity index (χ2n) is 16.4. The molecule has 1 N–H and O–H groups in total. The third-order valence-electron chi connectivity index (χ3n) is 11.5. The van der Waals surface area contributed by atoms with Crippen LogP contribution in [-0.4, -0.2) is 13.4 Å². The Morgan fingerprint density at radius 2 is 0.957 bits per heavy atom. The van der Waals surface area contributed by atoms with E-state index in [0.717, 1.165) is 49.0 Å². The van der Waals surface area contributed by atoms with Crippen LogP contribution in [0.1, 0.15) is 102 Å². The molecular formula is C44H56O2Si. The van der Waals surface area contributed by atoms with Gasteiger partial charge in [-0.3, -0.25) is 0 Å². The van der Waals surface area contributed by atoms with Gasteiger partial charge in [0.05, 0.1) is 0 Å². The highest BCUT2D eigenvalue weighted by molar-refractivity contribution is 6.74. The largest absolute Gasteiger partial charge is 0.543 e. The summed E-state index contributed by atoms with van der Waals surface area (Å²) in [4.78, 5) is 0. The van der Waals surface area contributed by atoms with E-state index in [-0.39, 0.29) is 5.04 Å². The maximum Gasteiger partial charge on any atom is 0.250 e. The average Bonchev–Trinajstić information content (AvgIpc) is 2.96. The molecule has 0 radical (unpaired) electrons. The number of benzene rings is 4. The number of phenols is 1. The van der Waals surface area contributed by atoms with Gasteiger partial charge in [0.25, 0.3) is 8.32 Å². The van der Waals surface area contributed by atoms with Gasteiger partial charge in [0.15, 0.2) is 0 Å². The summed E-state index contributed by atoms with van der Waals surface area (Å²) in [6, 6.07) is 14.0. The van der Waals surface area contributed by atoms with Crippen LogP contribution < -0.4 is 4.43 Å². The maximum atomic E-state index is 12.8. The monoisotopic (exact) mass is 644 g/mol. The SMILES string of the molecule is Cc1cc(C)c(-c2cc3c(c(-c4c5c(cc(-c6c(C)cc(C)cc6C)c4O[Si](C)(C)C(C)(C)C)CCCC5)c2O)CCCC3)c(C)c1. The van der Waals surface area contributed by atoms with Crippen molar-refractivity contribution < 1.29 is 9.53 Å². The van der Waals surface area contributed by atoms with Crippen LogP contribution in [0.3, 0.4) is 0 Å². The highest BCUT2D eigenvalue weighted by Crippen LogP contribution is 2.55. The number of hydrogen-bond acceptors (Lipinski definition) is 2. The van der Waals surface area contributed by atoms with Gasteiger partial charge in [0.2, 0.25) is 0 Å². The molecule has 0 spiro atoms. The highest BCUT2D eigenvalue weighted by Gasteiger charge is 2.41. The molecule has 4 aromatic rings.